The third-order valence-electron chi connectivity index (χ3n) is 3.71. The number of furan rings is 1. The van der Waals surface area contributed by atoms with Crippen molar-refractivity contribution in [2.24, 2.45) is 0 Å². The van der Waals surface area contributed by atoms with Crippen LogP contribution in [0.25, 0.3) is 0 Å². The minimum Gasteiger partial charge on any atom is -0.467 e. The number of hydrogen-bond acceptors (Lipinski definition) is 4. The monoisotopic (exact) mass is 383 g/mol. The average molecular weight is 384 g/mol. The van der Waals surface area contributed by atoms with Gasteiger partial charge in [-0.2, -0.15) is 0 Å². The van der Waals surface area contributed by atoms with Crippen molar-refractivity contribution in [3.8, 4) is 0 Å². The van der Waals surface area contributed by atoms with Gasteiger partial charge in [0.25, 0.3) is 5.91 Å². The molecule has 0 radical (unpaired) electrons. The first-order valence-corrected chi connectivity index (χ1v) is 8.68. The summed E-state index contributed by atoms with van der Waals surface area (Å²) in [6, 6.07) is 17.4. The predicted octanol–water partition coefficient (Wildman–Crippen LogP) is 3.91. The van der Waals surface area contributed by atoms with Crippen molar-refractivity contribution in [3.05, 3.63) is 83.3 Å². The Morgan fingerprint density at radius 3 is 2.48 bits per heavy atom. The molecule has 0 aliphatic heterocycles. The zero-order chi connectivity index (χ0) is 19.1. The number of carbonyl (C=O) groups is 2. The zero-order valence-corrected chi connectivity index (χ0v) is 15.1. The average Bonchev–Trinajstić information content (AvgIpc) is 3.18. The Labute approximate surface area is 161 Å². The molecule has 0 saturated heterocycles. The topological polar surface area (TPSA) is 83.4 Å². The molecule has 0 atom stereocenters. The summed E-state index contributed by atoms with van der Waals surface area (Å²) in [5.41, 5.74) is 1.90. The Morgan fingerprint density at radius 1 is 0.963 bits per heavy atom. The van der Waals surface area contributed by atoms with Crippen molar-refractivity contribution < 1.29 is 14.0 Å². The molecule has 0 aliphatic carbocycles. The number of halogens is 1. The molecule has 0 bridgehead atoms. The SMILES string of the molecule is O=C(CNc1ccc(C(=O)NCc2ccco2)cc1)Nc1cccc(Cl)c1. The lowest BCUT2D eigenvalue weighted by molar-refractivity contribution is -0.114. The van der Waals surface area contributed by atoms with E-state index in [9.17, 15) is 9.59 Å². The van der Waals surface area contributed by atoms with E-state index in [1.807, 2.05) is 0 Å². The van der Waals surface area contributed by atoms with Gasteiger partial charge in [-0.25, -0.2) is 0 Å². The van der Waals surface area contributed by atoms with Gasteiger partial charge in [-0.1, -0.05) is 17.7 Å². The van der Waals surface area contributed by atoms with E-state index in [4.69, 9.17) is 16.0 Å². The summed E-state index contributed by atoms with van der Waals surface area (Å²) >= 11 is 5.89. The second kappa shape index (κ2) is 8.91. The van der Waals surface area contributed by atoms with Gasteiger partial charge in [0.05, 0.1) is 19.4 Å². The van der Waals surface area contributed by atoms with Crippen LogP contribution in [0, 0.1) is 0 Å². The van der Waals surface area contributed by atoms with Crippen molar-refractivity contribution in [2.75, 3.05) is 17.2 Å². The van der Waals surface area contributed by atoms with E-state index in [2.05, 4.69) is 16.0 Å². The third kappa shape index (κ3) is 5.62. The molecule has 3 N–H and O–H groups in total. The van der Waals surface area contributed by atoms with E-state index in [0.717, 1.165) is 5.69 Å². The normalized spacial score (nSPS) is 10.3. The Hall–Kier alpha value is -3.25. The maximum atomic E-state index is 12.1. The van der Waals surface area contributed by atoms with E-state index in [-0.39, 0.29) is 18.4 Å². The molecule has 2 aromatic carbocycles. The van der Waals surface area contributed by atoms with Gasteiger partial charge in [-0.15, -0.1) is 0 Å². The van der Waals surface area contributed by atoms with Gasteiger partial charge in [0.1, 0.15) is 5.76 Å². The molecule has 27 heavy (non-hydrogen) atoms. The number of amides is 2. The number of anilines is 2. The Morgan fingerprint density at radius 2 is 1.78 bits per heavy atom. The summed E-state index contributed by atoms with van der Waals surface area (Å²) in [6.45, 7) is 0.423. The van der Waals surface area contributed by atoms with Crippen molar-refractivity contribution in [1.82, 2.24) is 5.32 Å². The molecule has 7 heteroatoms. The minimum absolute atomic E-state index is 0.0938. The fourth-order valence-electron chi connectivity index (χ4n) is 2.38. The zero-order valence-electron chi connectivity index (χ0n) is 14.4. The van der Waals surface area contributed by atoms with Gasteiger partial charge in [0.15, 0.2) is 0 Å². The molecule has 0 fully saturated rings. The molecule has 0 aliphatic rings. The second-order valence-electron chi connectivity index (χ2n) is 5.75. The second-order valence-corrected chi connectivity index (χ2v) is 6.19. The molecule has 0 unspecified atom stereocenters. The van der Waals surface area contributed by atoms with Crippen LogP contribution in [0.3, 0.4) is 0 Å². The van der Waals surface area contributed by atoms with Crippen molar-refractivity contribution in [2.45, 2.75) is 6.54 Å². The molecule has 0 spiro atoms. The van der Waals surface area contributed by atoms with Gasteiger partial charge in [0, 0.05) is 22.0 Å². The molecule has 0 saturated carbocycles. The summed E-state index contributed by atoms with van der Waals surface area (Å²) < 4.78 is 5.17. The van der Waals surface area contributed by atoms with Crippen molar-refractivity contribution in [1.29, 1.82) is 0 Å². The highest BCUT2D eigenvalue weighted by Gasteiger charge is 2.07. The van der Waals surface area contributed by atoms with Crippen LogP contribution in [0.1, 0.15) is 16.1 Å². The van der Waals surface area contributed by atoms with Crippen LogP contribution in [-0.2, 0) is 11.3 Å². The number of benzene rings is 2. The number of rotatable bonds is 7. The van der Waals surface area contributed by atoms with Gasteiger partial charge in [0.2, 0.25) is 5.91 Å². The van der Waals surface area contributed by atoms with Crippen LogP contribution in [0.15, 0.2) is 71.3 Å². The molecular weight excluding hydrogens is 366 g/mol. The lowest BCUT2D eigenvalue weighted by Crippen LogP contribution is -2.23. The van der Waals surface area contributed by atoms with E-state index in [0.29, 0.717) is 28.6 Å². The van der Waals surface area contributed by atoms with Gasteiger partial charge in [-0.3, -0.25) is 9.59 Å². The van der Waals surface area contributed by atoms with Gasteiger partial charge >= 0.3 is 0 Å². The fourth-order valence-corrected chi connectivity index (χ4v) is 2.57. The van der Waals surface area contributed by atoms with Crippen LogP contribution >= 0.6 is 11.6 Å². The first-order valence-electron chi connectivity index (χ1n) is 8.30. The highest BCUT2D eigenvalue weighted by atomic mass is 35.5. The Balaban J connectivity index is 1.47. The molecule has 3 rings (SSSR count). The number of hydrogen-bond donors (Lipinski definition) is 3. The maximum Gasteiger partial charge on any atom is 0.251 e. The van der Waals surface area contributed by atoms with Crippen LogP contribution < -0.4 is 16.0 Å². The smallest absolute Gasteiger partial charge is 0.251 e. The first-order chi connectivity index (χ1) is 13.1. The van der Waals surface area contributed by atoms with E-state index in [1.54, 1.807) is 66.9 Å². The van der Waals surface area contributed by atoms with Crippen LogP contribution in [0.4, 0.5) is 11.4 Å². The summed E-state index contributed by atoms with van der Waals surface area (Å²) in [7, 11) is 0. The highest BCUT2D eigenvalue weighted by molar-refractivity contribution is 6.30. The molecule has 138 valence electrons. The first kappa shape index (κ1) is 18.5. The Kier molecular flexibility index (Phi) is 6.12. The Bertz CT molecular complexity index is 908. The lowest BCUT2D eigenvalue weighted by atomic mass is 10.2. The third-order valence-corrected chi connectivity index (χ3v) is 3.95. The summed E-state index contributed by atoms with van der Waals surface area (Å²) in [5.74, 6) is 0.293. The highest BCUT2D eigenvalue weighted by Crippen LogP contribution is 2.15. The standard InChI is InChI=1S/C20H18ClN3O3/c21-15-3-1-4-17(11-15)24-19(25)13-22-16-8-6-14(7-9-16)20(26)23-12-18-5-2-10-27-18/h1-11,22H,12-13H2,(H,23,26)(H,24,25). The van der Waals surface area contributed by atoms with Crippen molar-refractivity contribution in [3.63, 3.8) is 0 Å². The maximum absolute atomic E-state index is 12.1. The van der Waals surface area contributed by atoms with Crippen LogP contribution in [0.2, 0.25) is 5.02 Å². The predicted molar refractivity (Wildman–Crippen MR) is 105 cm³/mol. The lowest BCUT2D eigenvalue weighted by Gasteiger charge is -2.09. The minimum atomic E-state index is -0.198. The largest absolute Gasteiger partial charge is 0.467 e. The molecule has 3 aromatic rings. The van der Waals surface area contributed by atoms with Gasteiger partial charge in [-0.05, 0) is 54.6 Å². The molecule has 2 amide bonds. The quantitative estimate of drug-likeness (QED) is 0.577. The van der Waals surface area contributed by atoms with Crippen LogP contribution in [-0.4, -0.2) is 18.4 Å². The number of carbonyl (C=O) groups excluding carboxylic acids is 2. The molecule has 1 aromatic heterocycles. The van der Waals surface area contributed by atoms with E-state index >= 15 is 0 Å². The summed E-state index contributed by atoms with van der Waals surface area (Å²) in [6.07, 6.45) is 1.56. The molecule has 1 heterocycles. The van der Waals surface area contributed by atoms with E-state index in [1.165, 1.54) is 0 Å². The van der Waals surface area contributed by atoms with Crippen LogP contribution in [0.5, 0.6) is 0 Å². The fraction of sp³-hybridized carbons (Fsp3) is 0.100. The molecule has 6 nitrogen and oxygen atoms in total. The van der Waals surface area contributed by atoms with E-state index < -0.39 is 0 Å². The number of nitrogens with one attached hydrogen (secondary N) is 3. The molecular formula is C20H18ClN3O3. The van der Waals surface area contributed by atoms with Gasteiger partial charge < -0.3 is 20.4 Å². The summed E-state index contributed by atoms with van der Waals surface area (Å²) in [4.78, 5) is 24.1. The van der Waals surface area contributed by atoms with Crippen molar-refractivity contribution >= 4 is 34.8 Å². The summed E-state index contributed by atoms with van der Waals surface area (Å²) in [5, 5.41) is 9.09.